The topological polar surface area (TPSA) is 49.8 Å². The largest absolute Gasteiger partial charge is 0.493 e. The predicted molar refractivity (Wildman–Crippen MR) is 324 cm³/mol. The third kappa shape index (κ3) is 36.3. The van der Waals surface area contributed by atoms with Gasteiger partial charge in [0.05, 0.1) is 26.4 Å². The van der Waals surface area contributed by atoms with E-state index in [1.54, 1.807) is 0 Å². The second-order valence-electron chi connectivity index (χ2n) is 21.8. The lowest BCUT2D eigenvalue weighted by atomic mass is 10.1. The zero-order chi connectivity index (χ0) is 52.5. The van der Waals surface area contributed by atoms with Gasteiger partial charge in [-0.1, -0.05) is 283 Å². The summed E-state index contributed by atoms with van der Waals surface area (Å²) in [4.78, 5) is 4.65. The summed E-state index contributed by atoms with van der Waals surface area (Å²) in [5.74, 6) is 3.55. The number of pyridine rings is 1. The van der Waals surface area contributed by atoms with Gasteiger partial charge in [0.2, 0.25) is 0 Å². The number of nitrogens with zero attached hydrogens (tertiary/aromatic N) is 1. The Balaban J connectivity index is 1.61. The number of benzene rings is 2. The molecule has 0 radical (unpaired) electrons. The first-order chi connectivity index (χ1) is 36.6. The molecule has 3 aromatic rings. The molecule has 1 aromatic heterocycles. The van der Waals surface area contributed by atoms with Gasteiger partial charge in [-0.05, 0) is 78.3 Å². The van der Waals surface area contributed by atoms with Crippen molar-refractivity contribution in [2.24, 2.45) is 0 Å². The molecule has 0 aliphatic heterocycles. The lowest BCUT2D eigenvalue weighted by molar-refractivity contribution is 0.289. The molecule has 418 valence electrons. The van der Waals surface area contributed by atoms with E-state index in [9.17, 15) is 0 Å². The summed E-state index contributed by atoms with van der Waals surface area (Å²) < 4.78 is 25.6. The minimum atomic E-state index is 0.737. The van der Waals surface area contributed by atoms with Gasteiger partial charge in [0.15, 0.2) is 0 Å². The lowest BCUT2D eigenvalue weighted by Gasteiger charge is -2.12. The summed E-state index contributed by atoms with van der Waals surface area (Å²) >= 11 is 0. The maximum absolute atomic E-state index is 6.39. The summed E-state index contributed by atoms with van der Waals surface area (Å²) in [5.41, 5.74) is 4.24. The molecule has 3 rings (SSSR count). The summed E-state index contributed by atoms with van der Waals surface area (Å²) in [6.07, 6.45) is 65.2. The molecule has 0 saturated carbocycles. The van der Waals surface area contributed by atoms with Crippen molar-refractivity contribution in [1.82, 2.24) is 4.98 Å². The minimum absolute atomic E-state index is 0.737. The smallest absolute Gasteiger partial charge is 0.123 e. The van der Waals surface area contributed by atoms with Crippen LogP contribution in [-0.2, 0) is 0 Å². The van der Waals surface area contributed by atoms with Crippen LogP contribution in [0.2, 0.25) is 0 Å². The fraction of sp³-hybridized carbons (Fsp3) is 0.696. The van der Waals surface area contributed by atoms with Crippen molar-refractivity contribution in [2.75, 3.05) is 26.4 Å². The molecule has 1 heterocycles. The van der Waals surface area contributed by atoms with Crippen molar-refractivity contribution in [1.29, 1.82) is 0 Å². The Bertz CT molecular complexity index is 1570. The minimum Gasteiger partial charge on any atom is -0.493 e. The number of ether oxygens (including phenoxy) is 4. The van der Waals surface area contributed by atoms with E-state index in [2.05, 4.69) is 99.4 Å². The summed E-state index contributed by atoms with van der Waals surface area (Å²) in [6, 6.07) is 15.0. The second-order valence-corrected chi connectivity index (χ2v) is 21.8. The highest BCUT2D eigenvalue weighted by Crippen LogP contribution is 2.28. The van der Waals surface area contributed by atoms with Gasteiger partial charge < -0.3 is 18.9 Å². The van der Waals surface area contributed by atoms with Crippen LogP contribution in [0.3, 0.4) is 0 Å². The van der Waals surface area contributed by atoms with E-state index in [4.69, 9.17) is 18.9 Å². The highest BCUT2D eigenvalue weighted by Gasteiger charge is 2.07. The molecule has 0 saturated heterocycles. The fourth-order valence-corrected chi connectivity index (χ4v) is 9.87. The first kappa shape index (κ1) is 64.6. The number of hydrogen-bond acceptors (Lipinski definition) is 5. The van der Waals surface area contributed by atoms with E-state index in [0.29, 0.717) is 0 Å². The molecule has 2 aromatic carbocycles. The Morgan fingerprint density at radius 3 is 0.676 bits per heavy atom. The average Bonchev–Trinajstić information content (AvgIpc) is 3.41. The highest BCUT2D eigenvalue weighted by molar-refractivity contribution is 5.75. The lowest BCUT2D eigenvalue weighted by Crippen LogP contribution is -2.01. The quantitative estimate of drug-likeness (QED) is 0.0528. The van der Waals surface area contributed by atoms with Gasteiger partial charge in [-0.25, -0.2) is 0 Å². The van der Waals surface area contributed by atoms with Crippen LogP contribution in [0.15, 0.2) is 54.9 Å². The number of unbranched alkanes of at least 4 members (excludes halogenated alkanes) is 36. The molecule has 0 N–H and O–H groups in total. The maximum atomic E-state index is 6.39. The summed E-state index contributed by atoms with van der Waals surface area (Å²) in [7, 11) is 0. The fourth-order valence-electron chi connectivity index (χ4n) is 9.87. The first-order valence-electron chi connectivity index (χ1n) is 31.8. The van der Waals surface area contributed by atoms with Crippen molar-refractivity contribution >= 4 is 24.3 Å². The zero-order valence-electron chi connectivity index (χ0n) is 48.7. The van der Waals surface area contributed by atoms with Crippen LogP contribution < -0.4 is 18.9 Å². The molecule has 0 aliphatic carbocycles. The Hall–Kier alpha value is -3.73. The van der Waals surface area contributed by atoms with Gasteiger partial charge in [0.25, 0.3) is 0 Å². The highest BCUT2D eigenvalue weighted by atomic mass is 16.5. The van der Waals surface area contributed by atoms with Gasteiger partial charge in [0, 0.05) is 24.5 Å². The van der Waals surface area contributed by atoms with E-state index in [0.717, 1.165) is 97.4 Å². The molecular formula is C69H113NO4. The van der Waals surface area contributed by atoms with Crippen LogP contribution in [0, 0.1) is 0 Å². The van der Waals surface area contributed by atoms with Crippen LogP contribution >= 0.6 is 0 Å². The van der Waals surface area contributed by atoms with Gasteiger partial charge in [-0.3, -0.25) is 4.98 Å². The zero-order valence-corrected chi connectivity index (χ0v) is 48.7. The van der Waals surface area contributed by atoms with Crippen LogP contribution in [0.5, 0.6) is 23.0 Å². The Labute approximate surface area is 457 Å². The third-order valence-electron chi connectivity index (χ3n) is 14.6. The monoisotopic (exact) mass is 1020 g/mol. The van der Waals surface area contributed by atoms with Crippen LogP contribution in [0.1, 0.15) is 307 Å². The molecule has 0 spiro atoms. The van der Waals surface area contributed by atoms with E-state index in [-0.39, 0.29) is 0 Å². The van der Waals surface area contributed by atoms with E-state index < -0.39 is 0 Å². The molecular weight excluding hydrogens is 907 g/mol. The average molecular weight is 1020 g/mol. The second kappa shape index (κ2) is 47.7. The molecule has 0 amide bonds. The van der Waals surface area contributed by atoms with E-state index in [1.807, 2.05) is 12.4 Å². The Morgan fingerprint density at radius 2 is 0.446 bits per heavy atom. The summed E-state index contributed by atoms with van der Waals surface area (Å²) in [5, 5.41) is 0. The first-order valence-corrected chi connectivity index (χ1v) is 31.8. The van der Waals surface area contributed by atoms with Crippen LogP contribution in [0.25, 0.3) is 24.3 Å². The van der Waals surface area contributed by atoms with Gasteiger partial charge >= 0.3 is 0 Å². The Morgan fingerprint density at radius 1 is 0.243 bits per heavy atom. The van der Waals surface area contributed by atoms with Crippen molar-refractivity contribution < 1.29 is 18.9 Å². The number of rotatable bonds is 52. The molecule has 0 atom stereocenters. The standard InChI is InChI=1S/C69H113NO4/c1-5-9-13-17-21-25-29-33-37-41-49-71-66-54-62(55-67(58-66)72-50-42-38-34-30-26-22-18-14-10-6-2)45-47-64-53-65(61-70-60-64)48-46-63-56-68(73-51-43-39-35-31-27-23-19-15-11-7-3)59-69(57-63)74-52-44-40-36-32-28-24-20-16-12-8-4/h45-48,53-61H,5-44,49-52H2,1-4H3/b47-45+,48-46+. The van der Waals surface area contributed by atoms with Gasteiger partial charge in [-0.15, -0.1) is 0 Å². The van der Waals surface area contributed by atoms with Crippen LogP contribution in [0.4, 0.5) is 0 Å². The van der Waals surface area contributed by atoms with Gasteiger partial charge in [-0.2, -0.15) is 0 Å². The number of aromatic nitrogens is 1. The molecule has 0 bridgehead atoms. The third-order valence-corrected chi connectivity index (χ3v) is 14.6. The predicted octanol–water partition coefficient (Wildman–Crippen LogP) is 22.6. The normalized spacial score (nSPS) is 11.6. The van der Waals surface area contributed by atoms with Crippen molar-refractivity contribution in [3.05, 3.63) is 77.1 Å². The SMILES string of the molecule is CCCCCCCCCCCCOc1cc(/C=C/c2cncc(/C=C/c3cc(OCCCCCCCCCCCC)cc(OCCCCCCCCCCCC)c3)c2)cc(OCCCCCCCCCCCC)c1. The van der Waals surface area contributed by atoms with E-state index in [1.165, 1.54) is 231 Å². The van der Waals surface area contributed by atoms with Crippen molar-refractivity contribution in [3.63, 3.8) is 0 Å². The van der Waals surface area contributed by atoms with Crippen molar-refractivity contribution in [2.45, 2.75) is 285 Å². The summed E-state index contributed by atoms with van der Waals surface area (Å²) in [6.45, 7) is 12.1. The Kier molecular flexibility index (Phi) is 41.6. The molecule has 0 fully saturated rings. The molecule has 74 heavy (non-hydrogen) atoms. The van der Waals surface area contributed by atoms with Gasteiger partial charge in [0.1, 0.15) is 23.0 Å². The van der Waals surface area contributed by atoms with E-state index >= 15 is 0 Å². The molecule has 0 unspecified atom stereocenters. The number of hydrogen-bond donors (Lipinski definition) is 0. The molecule has 5 heteroatoms. The molecule has 5 nitrogen and oxygen atoms in total. The maximum Gasteiger partial charge on any atom is 0.123 e. The van der Waals surface area contributed by atoms with Crippen molar-refractivity contribution in [3.8, 4) is 23.0 Å². The molecule has 0 aliphatic rings. The van der Waals surface area contributed by atoms with Crippen LogP contribution in [-0.4, -0.2) is 31.4 Å².